The quantitative estimate of drug-likeness (QED) is 0.453. The molecule has 0 amide bonds. The average Bonchev–Trinajstić information content (AvgIpc) is 1.84. The third-order valence-electron chi connectivity index (χ3n) is 1.59. The topological polar surface area (TPSA) is 32.7 Å². The van der Waals surface area contributed by atoms with Crippen LogP contribution < -0.4 is 0 Å². The Morgan fingerprint density at radius 2 is 1.82 bits per heavy atom. The molecule has 0 aromatic rings. The first kappa shape index (κ1) is 10.1. The molecule has 0 aliphatic heterocycles. The van der Waals surface area contributed by atoms with Gasteiger partial charge in [-0.3, -0.25) is 4.79 Å². The molecule has 0 spiro atoms. The number of hydrazone groups is 1. The van der Waals surface area contributed by atoms with Gasteiger partial charge in [0.15, 0.2) is 0 Å². The normalized spacial score (nSPS) is 14.5. The third kappa shape index (κ3) is 3.75. The SMILES string of the molecule is CC(=O)C(C)/C(C)=N\N(C)C. The Hall–Kier alpha value is -0.860. The van der Waals surface area contributed by atoms with Crippen molar-refractivity contribution in [2.75, 3.05) is 14.1 Å². The van der Waals surface area contributed by atoms with Crippen LogP contribution in [0, 0.1) is 5.92 Å². The van der Waals surface area contributed by atoms with Gasteiger partial charge in [0.2, 0.25) is 0 Å². The van der Waals surface area contributed by atoms with Crippen molar-refractivity contribution in [3.63, 3.8) is 0 Å². The molecule has 64 valence electrons. The highest BCUT2D eigenvalue weighted by molar-refractivity contribution is 6.02. The van der Waals surface area contributed by atoms with Gasteiger partial charge in [-0.1, -0.05) is 6.92 Å². The summed E-state index contributed by atoms with van der Waals surface area (Å²) in [6.07, 6.45) is 0. The van der Waals surface area contributed by atoms with E-state index in [1.807, 2.05) is 27.9 Å². The number of hydrogen-bond acceptors (Lipinski definition) is 3. The molecule has 0 radical (unpaired) electrons. The van der Waals surface area contributed by atoms with Crippen LogP contribution in [0.4, 0.5) is 0 Å². The maximum atomic E-state index is 10.9. The lowest BCUT2D eigenvalue weighted by atomic mass is 10.0. The summed E-state index contributed by atoms with van der Waals surface area (Å²) in [6.45, 7) is 5.32. The predicted octanol–water partition coefficient (Wildman–Crippen LogP) is 1.15. The van der Waals surface area contributed by atoms with Crippen LogP contribution in [0.3, 0.4) is 0 Å². The summed E-state index contributed by atoms with van der Waals surface area (Å²) in [7, 11) is 3.69. The molecule has 0 aliphatic carbocycles. The number of ketones is 1. The van der Waals surface area contributed by atoms with Gasteiger partial charge >= 0.3 is 0 Å². The van der Waals surface area contributed by atoms with E-state index in [-0.39, 0.29) is 11.7 Å². The zero-order chi connectivity index (χ0) is 9.02. The van der Waals surface area contributed by atoms with E-state index < -0.39 is 0 Å². The van der Waals surface area contributed by atoms with Gasteiger partial charge in [0.1, 0.15) is 5.78 Å². The molecule has 0 aromatic heterocycles. The fourth-order valence-corrected chi connectivity index (χ4v) is 0.696. The molecule has 0 bridgehead atoms. The van der Waals surface area contributed by atoms with Gasteiger partial charge in [0.25, 0.3) is 0 Å². The van der Waals surface area contributed by atoms with Gasteiger partial charge in [-0.15, -0.1) is 0 Å². The van der Waals surface area contributed by atoms with Crippen LogP contribution in [0.15, 0.2) is 5.10 Å². The standard InChI is InChI=1S/C8H16N2O/c1-6(8(3)11)7(2)9-10(4)5/h6H,1-5H3/b9-7-. The zero-order valence-corrected chi connectivity index (χ0v) is 7.88. The van der Waals surface area contributed by atoms with Gasteiger partial charge in [0, 0.05) is 19.8 Å². The van der Waals surface area contributed by atoms with Crippen molar-refractivity contribution in [2.24, 2.45) is 11.0 Å². The molecule has 3 heteroatoms. The van der Waals surface area contributed by atoms with E-state index in [0.717, 1.165) is 5.71 Å². The first-order valence-corrected chi connectivity index (χ1v) is 3.68. The Balaban J connectivity index is 4.23. The Morgan fingerprint density at radius 1 is 1.36 bits per heavy atom. The Morgan fingerprint density at radius 3 is 2.09 bits per heavy atom. The highest BCUT2D eigenvalue weighted by Crippen LogP contribution is 2.00. The minimum Gasteiger partial charge on any atom is -0.303 e. The van der Waals surface area contributed by atoms with E-state index >= 15 is 0 Å². The van der Waals surface area contributed by atoms with Crippen molar-refractivity contribution < 1.29 is 4.79 Å². The summed E-state index contributed by atoms with van der Waals surface area (Å²) < 4.78 is 0. The maximum absolute atomic E-state index is 10.9. The first-order chi connectivity index (χ1) is 4.95. The lowest BCUT2D eigenvalue weighted by Gasteiger charge is -2.10. The largest absolute Gasteiger partial charge is 0.303 e. The van der Waals surface area contributed by atoms with Gasteiger partial charge in [-0.05, 0) is 13.8 Å². The van der Waals surface area contributed by atoms with E-state index in [2.05, 4.69) is 5.10 Å². The second-order valence-electron chi connectivity index (χ2n) is 2.92. The van der Waals surface area contributed by atoms with E-state index in [4.69, 9.17) is 0 Å². The molecule has 0 saturated heterocycles. The number of rotatable bonds is 3. The van der Waals surface area contributed by atoms with Crippen molar-refractivity contribution in [3.05, 3.63) is 0 Å². The van der Waals surface area contributed by atoms with Crippen molar-refractivity contribution in [3.8, 4) is 0 Å². The van der Waals surface area contributed by atoms with Gasteiger partial charge < -0.3 is 5.01 Å². The Kier molecular flexibility index (Phi) is 3.79. The monoisotopic (exact) mass is 156 g/mol. The van der Waals surface area contributed by atoms with Crippen molar-refractivity contribution in [1.82, 2.24) is 5.01 Å². The molecule has 1 atom stereocenters. The molecule has 0 saturated carbocycles. The summed E-state index contributed by atoms with van der Waals surface area (Å²) in [4.78, 5) is 10.9. The second-order valence-corrected chi connectivity index (χ2v) is 2.92. The number of carbonyl (C=O) groups is 1. The van der Waals surface area contributed by atoms with Crippen molar-refractivity contribution >= 4 is 11.5 Å². The summed E-state index contributed by atoms with van der Waals surface area (Å²) in [5.41, 5.74) is 0.863. The molecular weight excluding hydrogens is 140 g/mol. The molecule has 0 N–H and O–H groups in total. The van der Waals surface area contributed by atoms with E-state index in [0.29, 0.717) is 0 Å². The smallest absolute Gasteiger partial charge is 0.138 e. The molecule has 3 nitrogen and oxygen atoms in total. The zero-order valence-electron chi connectivity index (χ0n) is 7.88. The molecular formula is C8H16N2O. The highest BCUT2D eigenvalue weighted by Gasteiger charge is 2.10. The summed E-state index contributed by atoms with van der Waals surface area (Å²) in [5.74, 6) is 0.102. The molecule has 11 heavy (non-hydrogen) atoms. The lowest BCUT2D eigenvalue weighted by molar-refractivity contribution is -0.118. The Bertz CT molecular complexity index is 173. The molecule has 0 heterocycles. The molecule has 0 aromatic carbocycles. The Labute approximate surface area is 68.1 Å². The number of nitrogens with zero attached hydrogens (tertiary/aromatic N) is 2. The van der Waals surface area contributed by atoms with Crippen LogP contribution >= 0.6 is 0 Å². The second kappa shape index (κ2) is 4.11. The van der Waals surface area contributed by atoms with E-state index in [9.17, 15) is 4.79 Å². The number of Topliss-reactive ketones (excluding diaryl/α,β-unsaturated/α-hetero) is 1. The summed E-state index contributed by atoms with van der Waals surface area (Å²) in [6, 6.07) is 0. The molecule has 0 aliphatic rings. The maximum Gasteiger partial charge on any atom is 0.138 e. The predicted molar refractivity (Wildman–Crippen MR) is 46.6 cm³/mol. The third-order valence-corrected chi connectivity index (χ3v) is 1.59. The van der Waals surface area contributed by atoms with Crippen LogP contribution in [0.1, 0.15) is 20.8 Å². The van der Waals surface area contributed by atoms with Crippen molar-refractivity contribution in [2.45, 2.75) is 20.8 Å². The molecule has 1 unspecified atom stereocenters. The number of hydrogen-bond donors (Lipinski definition) is 0. The van der Waals surface area contributed by atoms with Crippen LogP contribution in [0.5, 0.6) is 0 Å². The summed E-state index contributed by atoms with van der Waals surface area (Å²) >= 11 is 0. The van der Waals surface area contributed by atoms with Crippen LogP contribution in [-0.4, -0.2) is 30.6 Å². The average molecular weight is 156 g/mol. The van der Waals surface area contributed by atoms with Gasteiger partial charge in [-0.25, -0.2) is 0 Å². The van der Waals surface area contributed by atoms with Gasteiger partial charge in [-0.2, -0.15) is 5.10 Å². The van der Waals surface area contributed by atoms with Crippen LogP contribution in [-0.2, 0) is 4.79 Å². The van der Waals surface area contributed by atoms with E-state index in [1.165, 1.54) is 0 Å². The van der Waals surface area contributed by atoms with Crippen LogP contribution in [0.2, 0.25) is 0 Å². The minimum absolute atomic E-state index is 0.0580. The number of carbonyl (C=O) groups excluding carboxylic acids is 1. The highest BCUT2D eigenvalue weighted by atomic mass is 16.1. The van der Waals surface area contributed by atoms with E-state index in [1.54, 1.807) is 11.9 Å². The fraction of sp³-hybridized carbons (Fsp3) is 0.750. The lowest BCUT2D eigenvalue weighted by Crippen LogP contribution is -2.18. The summed E-state index contributed by atoms with van der Waals surface area (Å²) in [5, 5.41) is 5.83. The fourth-order valence-electron chi connectivity index (χ4n) is 0.696. The van der Waals surface area contributed by atoms with Crippen molar-refractivity contribution in [1.29, 1.82) is 0 Å². The molecule has 0 fully saturated rings. The van der Waals surface area contributed by atoms with Crippen LogP contribution in [0.25, 0.3) is 0 Å². The molecule has 0 rings (SSSR count). The minimum atomic E-state index is -0.0580. The van der Waals surface area contributed by atoms with Gasteiger partial charge in [0.05, 0.1) is 5.92 Å². The first-order valence-electron chi connectivity index (χ1n) is 3.68.